The van der Waals surface area contributed by atoms with Crippen LogP contribution < -0.4 is 14.8 Å². The molecule has 2 aliphatic rings. The predicted octanol–water partition coefficient (Wildman–Crippen LogP) is 3.65. The van der Waals surface area contributed by atoms with Crippen molar-refractivity contribution >= 4 is 58.1 Å². The number of amides is 4. The number of benzene rings is 2. The van der Waals surface area contributed by atoms with Gasteiger partial charge in [0, 0.05) is 18.8 Å². The van der Waals surface area contributed by atoms with Crippen LogP contribution in [0.1, 0.15) is 12.5 Å². The standard InChI is InChI=1S/C26H26ClN3O7S/c1-2-36-20-13-17(12-19(27)24(20)37-16-22(31)28-18-6-4-3-5-7-18)14-21-25(33)30(26(34)38-21)15-23(32)29-8-10-35-11-9-29/h3-7,12-14H,2,8-11,15-16H2,1H3,(H,28,31)/b21-14-. The van der Waals surface area contributed by atoms with Crippen molar-refractivity contribution in [2.75, 3.05) is 51.4 Å². The first kappa shape index (κ1) is 27.5. The molecule has 2 saturated heterocycles. The number of morpholine rings is 1. The zero-order chi connectivity index (χ0) is 27.1. The lowest BCUT2D eigenvalue weighted by molar-refractivity contribution is -0.139. The summed E-state index contributed by atoms with van der Waals surface area (Å²) in [5.74, 6) is -0.789. The Morgan fingerprint density at radius 3 is 2.58 bits per heavy atom. The van der Waals surface area contributed by atoms with E-state index in [9.17, 15) is 19.2 Å². The number of carbonyl (C=O) groups is 4. The van der Waals surface area contributed by atoms with Crippen LogP contribution in [0.5, 0.6) is 11.5 Å². The van der Waals surface area contributed by atoms with Crippen LogP contribution in [0.3, 0.4) is 0 Å². The first-order valence-electron chi connectivity index (χ1n) is 11.9. The van der Waals surface area contributed by atoms with Crippen LogP contribution in [0.4, 0.5) is 10.5 Å². The average Bonchev–Trinajstić information content (AvgIpc) is 3.16. The third kappa shape index (κ3) is 6.85. The third-order valence-electron chi connectivity index (χ3n) is 5.57. The molecule has 2 heterocycles. The number of halogens is 1. The second kappa shape index (κ2) is 12.8. The van der Waals surface area contributed by atoms with Gasteiger partial charge in [0.25, 0.3) is 17.1 Å². The van der Waals surface area contributed by atoms with Gasteiger partial charge in [-0.2, -0.15) is 0 Å². The Balaban J connectivity index is 1.45. The number of thioether (sulfide) groups is 1. The summed E-state index contributed by atoms with van der Waals surface area (Å²) in [6.45, 7) is 3.14. The monoisotopic (exact) mass is 559 g/mol. The molecule has 2 aromatic carbocycles. The summed E-state index contributed by atoms with van der Waals surface area (Å²) in [5.41, 5.74) is 1.12. The fraction of sp³-hybridized carbons (Fsp3) is 0.308. The van der Waals surface area contributed by atoms with E-state index in [4.69, 9.17) is 25.8 Å². The van der Waals surface area contributed by atoms with Crippen molar-refractivity contribution in [2.45, 2.75) is 6.92 Å². The minimum Gasteiger partial charge on any atom is -0.490 e. The van der Waals surface area contributed by atoms with Gasteiger partial charge in [-0.05, 0) is 54.6 Å². The van der Waals surface area contributed by atoms with Crippen LogP contribution >= 0.6 is 23.4 Å². The normalized spacial score (nSPS) is 16.6. The van der Waals surface area contributed by atoms with Crippen molar-refractivity contribution in [2.24, 2.45) is 0 Å². The second-order valence-corrected chi connectivity index (χ2v) is 9.63. The fourth-order valence-corrected chi connectivity index (χ4v) is 4.88. The molecular weight excluding hydrogens is 534 g/mol. The van der Waals surface area contributed by atoms with E-state index in [0.717, 1.165) is 16.7 Å². The van der Waals surface area contributed by atoms with Crippen molar-refractivity contribution in [3.8, 4) is 11.5 Å². The molecule has 0 bridgehead atoms. The van der Waals surface area contributed by atoms with Crippen LogP contribution in [0, 0.1) is 0 Å². The van der Waals surface area contributed by atoms with E-state index in [1.807, 2.05) is 6.07 Å². The summed E-state index contributed by atoms with van der Waals surface area (Å²) in [7, 11) is 0. The van der Waals surface area contributed by atoms with Crippen molar-refractivity contribution in [1.29, 1.82) is 0 Å². The highest BCUT2D eigenvalue weighted by Gasteiger charge is 2.37. The molecule has 38 heavy (non-hydrogen) atoms. The summed E-state index contributed by atoms with van der Waals surface area (Å²) in [6, 6.07) is 12.1. The third-order valence-corrected chi connectivity index (χ3v) is 6.75. The van der Waals surface area contributed by atoms with Crippen molar-refractivity contribution in [1.82, 2.24) is 9.80 Å². The minimum atomic E-state index is -0.561. The SMILES string of the molecule is CCOc1cc(/C=C2\SC(=O)N(CC(=O)N3CCOCC3)C2=O)cc(Cl)c1OCC(=O)Nc1ccccc1. The lowest BCUT2D eigenvalue weighted by atomic mass is 10.1. The number of nitrogens with one attached hydrogen (secondary N) is 1. The molecule has 0 aromatic heterocycles. The predicted molar refractivity (Wildman–Crippen MR) is 143 cm³/mol. The summed E-state index contributed by atoms with van der Waals surface area (Å²) >= 11 is 7.20. The Bertz CT molecular complexity index is 1250. The summed E-state index contributed by atoms with van der Waals surface area (Å²) in [6.07, 6.45) is 1.50. The van der Waals surface area contributed by atoms with E-state index in [1.54, 1.807) is 48.2 Å². The van der Waals surface area contributed by atoms with E-state index >= 15 is 0 Å². The average molecular weight is 560 g/mol. The van der Waals surface area contributed by atoms with E-state index in [0.29, 0.717) is 44.2 Å². The van der Waals surface area contributed by atoms with Gasteiger partial charge in [0.2, 0.25) is 5.91 Å². The number of nitrogens with zero attached hydrogens (tertiary/aromatic N) is 2. The smallest absolute Gasteiger partial charge is 0.294 e. The summed E-state index contributed by atoms with van der Waals surface area (Å²) in [5, 5.41) is 2.36. The Morgan fingerprint density at radius 1 is 1.13 bits per heavy atom. The number of hydrogen-bond acceptors (Lipinski definition) is 8. The minimum absolute atomic E-state index is 0.152. The molecule has 0 spiro atoms. The molecule has 0 atom stereocenters. The maximum atomic E-state index is 12.9. The van der Waals surface area contributed by atoms with Gasteiger partial charge in [0.15, 0.2) is 18.1 Å². The quantitative estimate of drug-likeness (QED) is 0.463. The number of hydrogen-bond donors (Lipinski definition) is 1. The Kier molecular flexibility index (Phi) is 9.27. The van der Waals surface area contributed by atoms with Gasteiger partial charge in [0.1, 0.15) is 6.54 Å². The van der Waals surface area contributed by atoms with Crippen LogP contribution in [0.15, 0.2) is 47.4 Å². The molecule has 12 heteroatoms. The lowest BCUT2D eigenvalue weighted by Crippen LogP contribution is -2.46. The number of para-hydroxylation sites is 1. The van der Waals surface area contributed by atoms with Crippen LogP contribution in [-0.4, -0.2) is 78.8 Å². The van der Waals surface area contributed by atoms with E-state index in [1.165, 1.54) is 6.08 Å². The van der Waals surface area contributed by atoms with Gasteiger partial charge in [0.05, 0.1) is 29.7 Å². The molecular formula is C26H26ClN3O7S. The van der Waals surface area contributed by atoms with Crippen molar-refractivity contribution in [3.05, 3.63) is 58.0 Å². The Morgan fingerprint density at radius 2 is 1.87 bits per heavy atom. The maximum absolute atomic E-state index is 12.9. The highest BCUT2D eigenvalue weighted by molar-refractivity contribution is 8.18. The van der Waals surface area contributed by atoms with E-state index < -0.39 is 11.1 Å². The number of imide groups is 1. The molecule has 4 amide bonds. The number of rotatable bonds is 9. The highest BCUT2D eigenvalue weighted by atomic mass is 35.5. The van der Waals surface area contributed by atoms with Crippen LogP contribution in [0.2, 0.25) is 5.02 Å². The fourth-order valence-electron chi connectivity index (χ4n) is 3.77. The first-order chi connectivity index (χ1) is 18.4. The molecule has 1 N–H and O–H groups in total. The summed E-state index contributed by atoms with van der Waals surface area (Å²) in [4.78, 5) is 52.9. The molecule has 200 valence electrons. The van der Waals surface area contributed by atoms with Crippen molar-refractivity contribution in [3.63, 3.8) is 0 Å². The molecule has 0 saturated carbocycles. The first-order valence-corrected chi connectivity index (χ1v) is 13.1. The maximum Gasteiger partial charge on any atom is 0.294 e. The zero-order valence-electron chi connectivity index (χ0n) is 20.6. The van der Waals surface area contributed by atoms with Crippen molar-refractivity contribution < 1.29 is 33.4 Å². The molecule has 4 rings (SSSR count). The zero-order valence-corrected chi connectivity index (χ0v) is 22.2. The number of carbonyl (C=O) groups excluding carboxylic acids is 4. The molecule has 2 aromatic rings. The van der Waals surface area contributed by atoms with Crippen LogP contribution in [-0.2, 0) is 19.1 Å². The highest BCUT2D eigenvalue weighted by Crippen LogP contribution is 2.39. The molecule has 0 radical (unpaired) electrons. The topological polar surface area (TPSA) is 114 Å². The van der Waals surface area contributed by atoms with Gasteiger partial charge < -0.3 is 24.4 Å². The van der Waals surface area contributed by atoms with Crippen LogP contribution in [0.25, 0.3) is 6.08 Å². The van der Waals surface area contributed by atoms with E-state index in [-0.39, 0.29) is 46.4 Å². The number of ether oxygens (including phenoxy) is 3. The molecule has 2 fully saturated rings. The van der Waals surface area contributed by atoms with E-state index in [2.05, 4.69) is 5.32 Å². The van der Waals surface area contributed by atoms with Gasteiger partial charge in [-0.25, -0.2) is 0 Å². The largest absolute Gasteiger partial charge is 0.490 e. The van der Waals surface area contributed by atoms with Gasteiger partial charge in [-0.3, -0.25) is 24.1 Å². The van der Waals surface area contributed by atoms with Gasteiger partial charge >= 0.3 is 0 Å². The lowest BCUT2D eigenvalue weighted by Gasteiger charge is -2.28. The molecule has 10 nitrogen and oxygen atoms in total. The van der Waals surface area contributed by atoms with Gasteiger partial charge in [-0.1, -0.05) is 29.8 Å². The number of anilines is 1. The Labute approximate surface area is 228 Å². The van der Waals surface area contributed by atoms with Gasteiger partial charge in [-0.15, -0.1) is 0 Å². The summed E-state index contributed by atoms with van der Waals surface area (Å²) < 4.78 is 16.6. The molecule has 0 unspecified atom stereocenters. The second-order valence-electron chi connectivity index (χ2n) is 8.23. The molecule has 2 aliphatic heterocycles. The molecule has 0 aliphatic carbocycles. The Hall–Kier alpha value is -3.54.